The monoisotopic (exact) mass is 228 g/mol. The average Bonchev–Trinajstić information content (AvgIpc) is 2.30. The molecule has 0 aliphatic heterocycles. The molecule has 16 heavy (non-hydrogen) atoms. The van der Waals surface area contributed by atoms with Gasteiger partial charge in [-0.1, -0.05) is 20.8 Å². The van der Waals surface area contributed by atoms with Crippen LogP contribution in [0.15, 0.2) is 12.2 Å². The second-order valence-electron chi connectivity index (χ2n) is 3.38. The maximum absolute atomic E-state index is 11.2. The van der Waals surface area contributed by atoms with Crippen LogP contribution in [0.4, 0.5) is 0 Å². The highest BCUT2D eigenvalue weighted by Crippen LogP contribution is 2.03. The average molecular weight is 228 g/mol. The highest BCUT2D eigenvalue weighted by molar-refractivity contribution is 5.91. The number of carbonyl (C=O) groups is 2. The Balaban J connectivity index is 3.93. The van der Waals surface area contributed by atoms with Gasteiger partial charge in [-0.3, -0.25) is 0 Å². The molecule has 0 aromatic rings. The van der Waals surface area contributed by atoms with Gasteiger partial charge in [0.15, 0.2) is 0 Å². The Bertz CT molecular complexity index is 241. The first-order valence-corrected chi connectivity index (χ1v) is 5.69. The Morgan fingerprint density at radius 3 is 2.12 bits per heavy atom. The van der Waals surface area contributed by atoms with E-state index in [4.69, 9.17) is 9.47 Å². The number of carbonyl (C=O) groups excluding carboxylic acids is 2. The summed E-state index contributed by atoms with van der Waals surface area (Å²) in [6.07, 6.45) is 4.44. The van der Waals surface area contributed by atoms with E-state index in [2.05, 4.69) is 0 Å². The molecule has 0 bridgehead atoms. The van der Waals surface area contributed by atoms with Gasteiger partial charge in [0.2, 0.25) is 0 Å². The topological polar surface area (TPSA) is 52.6 Å². The molecule has 0 heterocycles. The molecule has 0 saturated heterocycles. The Morgan fingerprint density at radius 1 is 1.06 bits per heavy atom. The summed E-state index contributed by atoms with van der Waals surface area (Å²) in [5.41, 5.74) is 0. The van der Waals surface area contributed by atoms with Gasteiger partial charge < -0.3 is 9.47 Å². The molecular weight excluding hydrogens is 208 g/mol. The van der Waals surface area contributed by atoms with E-state index < -0.39 is 11.9 Å². The quantitative estimate of drug-likeness (QED) is 0.495. The lowest BCUT2D eigenvalue weighted by Crippen LogP contribution is -2.15. The molecule has 4 heteroatoms. The number of hydrogen-bond acceptors (Lipinski definition) is 4. The second-order valence-corrected chi connectivity index (χ2v) is 3.38. The fourth-order valence-corrected chi connectivity index (χ4v) is 1.05. The molecule has 0 rings (SSSR count). The van der Waals surface area contributed by atoms with E-state index in [9.17, 15) is 9.59 Å². The standard InChI is InChI=1S/C12H20O4/c1-4-9-15-11(13)7-8-12(14)16-10(5-2)6-3/h7-8,10H,4-6,9H2,1-3H3/b8-7+. The summed E-state index contributed by atoms with van der Waals surface area (Å²) in [5.74, 6) is -1.01. The molecule has 0 N–H and O–H groups in total. The minimum Gasteiger partial charge on any atom is -0.463 e. The van der Waals surface area contributed by atoms with Gasteiger partial charge in [0.05, 0.1) is 6.61 Å². The van der Waals surface area contributed by atoms with Crippen molar-refractivity contribution < 1.29 is 19.1 Å². The molecule has 0 fully saturated rings. The van der Waals surface area contributed by atoms with Crippen molar-refractivity contribution in [2.24, 2.45) is 0 Å². The van der Waals surface area contributed by atoms with E-state index in [1.807, 2.05) is 20.8 Å². The van der Waals surface area contributed by atoms with Crippen LogP contribution in [-0.4, -0.2) is 24.6 Å². The van der Waals surface area contributed by atoms with Gasteiger partial charge in [-0.25, -0.2) is 9.59 Å². The summed E-state index contributed by atoms with van der Waals surface area (Å²) < 4.78 is 9.84. The van der Waals surface area contributed by atoms with Crippen molar-refractivity contribution in [3.05, 3.63) is 12.2 Å². The van der Waals surface area contributed by atoms with E-state index in [0.29, 0.717) is 6.61 Å². The predicted octanol–water partition coefficient (Wildman–Crippen LogP) is 2.23. The molecular formula is C12H20O4. The summed E-state index contributed by atoms with van der Waals surface area (Å²) in [6.45, 7) is 6.16. The van der Waals surface area contributed by atoms with Crippen LogP contribution in [0.1, 0.15) is 40.0 Å². The first-order chi connectivity index (χ1) is 7.63. The van der Waals surface area contributed by atoms with Crippen molar-refractivity contribution >= 4 is 11.9 Å². The summed E-state index contributed by atoms with van der Waals surface area (Å²) in [4.78, 5) is 22.2. The minimum atomic E-state index is -0.511. The largest absolute Gasteiger partial charge is 0.463 e. The zero-order valence-electron chi connectivity index (χ0n) is 10.2. The van der Waals surface area contributed by atoms with Crippen molar-refractivity contribution in [1.29, 1.82) is 0 Å². The maximum Gasteiger partial charge on any atom is 0.331 e. The lowest BCUT2D eigenvalue weighted by molar-refractivity contribution is -0.144. The van der Waals surface area contributed by atoms with Crippen molar-refractivity contribution in [3.63, 3.8) is 0 Å². The van der Waals surface area contributed by atoms with Crippen LogP contribution < -0.4 is 0 Å². The molecule has 0 aromatic heterocycles. The Morgan fingerprint density at radius 2 is 1.62 bits per heavy atom. The molecule has 0 spiro atoms. The van der Waals surface area contributed by atoms with Gasteiger partial charge in [0.1, 0.15) is 6.10 Å². The van der Waals surface area contributed by atoms with Crippen molar-refractivity contribution in [2.45, 2.75) is 46.1 Å². The van der Waals surface area contributed by atoms with E-state index in [-0.39, 0.29) is 6.10 Å². The highest BCUT2D eigenvalue weighted by atomic mass is 16.5. The maximum atomic E-state index is 11.2. The van der Waals surface area contributed by atoms with Crippen LogP contribution >= 0.6 is 0 Å². The van der Waals surface area contributed by atoms with E-state index in [1.165, 1.54) is 0 Å². The number of ether oxygens (including phenoxy) is 2. The molecule has 0 amide bonds. The molecule has 0 atom stereocenters. The summed E-state index contributed by atoms with van der Waals surface area (Å²) >= 11 is 0. The molecule has 4 nitrogen and oxygen atoms in total. The SMILES string of the molecule is CCCOC(=O)/C=C/C(=O)OC(CC)CC. The zero-order valence-corrected chi connectivity index (χ0v) is 10.2. The lowest BCUT2D eigenvalue weighted by atomic mass is 10.2. The zero-order chi connectivity index (χ0) is 12.4. The van der Waals surface area contributed by atoms with Crippen molar-refractivity contribution in [3.8, 4) is 0 Å². The van der Waals surface area contributed by atoms with Crippen LogP contribution in [0.2, 0.25) is 0 Å². The number of esters is 2. The third kappa shape index (κ3) is 7.04. The van der Waals surface area contributed by atoms with Gasteiger partial charge in [-0.2, -0.15) is 0 Å². The minimum absolute atomic E-state index is 0.0798. The van der Waals surface area contributed by atoms with Gasteiger partial charge in [0.25, 0.3) is 0 Å². The van der Waals surface area contributed by atoms with E-state index >= 15 is 0 Å². The van der Waals surface area contributed by atoms with Crippen LogP contribution in [0.25, 0.3) is 0 Å². The van der Waals surface area contributed by atoms with Crippen LogP contribution in [0, 0.1) is 0 Å². The predicted molar refractivity (Wildman–Crippen MR) is 60.9 cm³/mol. The first kappa shape index (κ1) is 14.7. The molecule has 0 aliphatic carbocycles. The third-order valence-electron chi connectivity index (χ3n) is 2.00. The molecule has 0 radical (unpaired) electrons. The number of hydrogen-bond donors (Lipinski definition) is 0. The van der Waals surface area contributed by atoms with Gasteiger partial charge >= 0.3 is 11.9 Å². The Labute approximate surface area is 96.6 Å². The van der Waals surface area contributed by atoms with Crippen LogP contribution in [0.5, 0.6) is 0 Å². The van der Waals surface area contributed by atoms with Gasteiger partial charge in [-0.05, 0) is 19.3 Å². The molecule has 0 unspecified atom stereocenters. The normalized spacial score (nSPS) is 10.8. The lowest BCUT2D eigenvalue weighted by Gasteiger charge is -2.11. The highest BCUT2D eigenvalue weighted by Gasteiger charge is 2.08. The third-order valence-corrected chi connectivity index (χ3v) is 2.00. The van der Waals surface area contributed by atoms with E-state index in [1.54, 1.807) is 0 Å². The summed E-state index contributed by atoms with van der Waals surface area (Å²) in [7, 11) is 0. The van der Waals surface area contributed by atoms with E-state index in [0.717, 1.165) is 31.4 Å². The van der Waals surface area contributed by atoms with Crippen LogP contribution in [0.3, 0.4) is 0 Å². The summed E-state index contributed by atoms with van der Waals surface area (Å²) in [6, 6.07) is 0. The van der Waals surface area contributed by atoms with Gasteiger partial charge in [0, 0.05) is 12.2 Å². The van der Waals surface area contributed by atoms with Crippen molar-refractivity contribution in [2.75, 3.05) is 6.61 Å². The van der Waals surface area contributed by atoms with Gasteiger partial charge in [-0.15, -0.1) is 0 Å². The molecule has 0 aliphatic rings. The smallest absolute Gasteiger partial charge is 0.331 e. The Hall–Kier alpha value is -1.32. The molecule has 0 aromatic carbocycles. The Kier molecular flexibility index (Phi) is 8.21. The first-order valence-electron chi connectivity index (χ1n) is 5.69. The number of rotatable bonds is 7. The second kappa shape index (κ2) is 8.95. The molecule has 0 saturated carbocycles. The van der Waals surface area contributed by atoms with Crippen molar-refractivity contribution in [1.82, 2.24) is 0 Å². The fourth-order valence-electron chi connectivity index (χ4n) is 1.05. The van der Waals surface area contributed by atoms with Crippen LogP contribution in [-0.2, 0) is 19.1 Å². The molecule has 92 valence electrons. The fraction of sp³-hybridized carbons (Fsp3) is 0.667. The summed E-state index contributed by atoms with van der Waals surface area (Å²) in [5, 5.41) is 0.